The monoisotopic (exact) mass is 249 g/mol. The zero-order valence-corrected chi connectivity index (χ0v) is 10.8. The predicted octanol–water partition coefficient (Wildman–Crippen LogP) is 3.74. The molecule has 1 aromatic carbocycles. The molecule has 1 atom stereocenters. The first kappa shape index (κ1) is 12.2. The molecule has 90 valence electrons. The molecule has 0 spiro atoms. The van der Waals surface area contributed by atoms with Gasteiger partial charge >= 0.3 is 0 Å². The highest BCUT2D eigenvalue weighted by Gasteiger charge is 2.13. The van der Waals surface area contributed by atoms with Crippen LogP contribution in [0.1, 0.15) is 22.7 Å². The Hall–Kier alpha value is -1.25. The van der Waals surface area contributed by atoms with Gasteiger partial charge in [0.15, 0.2) is 0 Å². The van der Waals surface area contributed by atoms with E-state index < -0.39 is 0 Å². The zero-order valence-electron chi connectivity index (χ0n) is 10.0. The van der Waals surface area contributed by atoms with Crippen molar-refractivity contribution in [3.63, 3.8) is 0 Å². The number of halogens is 1. The van der Waals surface area contributed by atoms with Gasteiger partial charge in [-0.25, -0.2) is 0 Å². The molecule has 1 unspecified atom stereocenters. The lowest BCUT2D eigenvalue weighted by Gasteiger charge is -2.18. The standard InChI is InChI=1S/C14H16ClNO/c1-10-7-12(15)3-4-13(10)14(16-2)8-11-5-6-17-9-11/h3-7,9,14,16H,8H2,1-2H3. The molecule has 1 N–H and O–H groups in total. The maximum absolute atomic E-state index is 5.97. The van der Waals surface area contributed by atoms with Crippen LogP contribution in [-0.4, -0.2) is 7.05 Å². The van der Waals surface area contributed by atoms with E-state index in [2.05, 4.69) is 18.3 Å². The molecule has 0 radical (unpaired) electrons. The number of rotatable bonds is 4. The van der Waals surface area contributed by atoms with Crippen LogP contribution in [0.4, 0.5) is 0 Å². The Labute approximate surface area is 107 Å². The summed E-state index contributed by atoms with van der Waals surface area (Å²) < 4.78 is 5.10. The Morgan fingerprint density at radius 2 is 2.18 bits per heavy atom. The second kappa shape index (κ2) is 5.39. The molecule has 2 nitrogen and oxygen atoms in total. The van der Waals surface area contributed by atoms with Crippen LogP contribution >= 0.6 is 11.6 Å². The molecule has 2 aromatic rings. The van der Waals surface area contributed by atoms with Crippen LogP contribution in [0.2, 0.25) is 5.02 Å². The fraction of sp³-hybridized carbons (Fsp3) is 0.286. The van der Waals surface area contributed by atoms with Gasteiger partial charge < -0.3 is 9.73 Å². The Balaban J connectivity index is 2.23. The molecule has 0 aliphatic carbocycles. The van der Waals surface area contributed by atoms with Crippen molar-refractivity contribution in [3.05, 3.63) is 58.5 Å². The quantitative estimate of drug-likeness (QED) is 0.893. The topological polar surface area (TPSA) is 25.2 Å². The number of furan rings is 1. The van der Waals surface area contributed by atoms with E-state index >= 15 is 0 Å². The minimum Gasteiger partial charge on any atom is -0.472 e. The van der Waals surface area contributed by atoms with E-state index in [4.69, 9.17) is 16.0 Å². The molecule has 0 fully saturated rings. The summed E-state index contributed by atoms with van der Waals surface area (Å²) >= 11 is 5.97. The Kier molecular flexibility index (Phi) is 3.87. The van der Waals surface area contributed by atoms with E-state index in [1.54, 1.807) is 12.5 Å². The van der Waals surface area contributed by atoms with Crippen molar-refractivity contribution in [1.29, 1.82) is 0 Å². The predicted molar refractivity (Wildman–Crippen MR) is 70.4 cm³/mol. The summed E-state index contributed by atoms with van der Waals surface area (Å²) in [4.78, 5) is 0. The van der Waals surface area contributed by atoms with Crippen molar-refractivity contribution < 1.29 is 4.42 Å². The second-order valence-electron chi connectivity index (χ2n) is 4.18. The molecule has 0 aliphatic heterocycles. The number of hydrogen-bond acceptors (Lipinski definition) is 2. The molecule has 0 saturated carbocycles. The molecule has 1 aromatic heterocycles. The molecule has 2 rings (SSSR count). The summed E-state index contributed by atoms with van der Waals surface area (Å²) in [5.74, 6) is 0. The van der Waals surface area contributed by atoms with Crippen molar-refractivity contribution in [2.75, 3.05) is 7.05 Å². The summed E-state index contributed by atoms with van der Waals surface area (Å²) in [6, 6.07) is 8.29. The molecular weight excluding hydrogens is 234 g/mol. The van der Waals surface area contributed by atoms with Gasteiger partial charge in [-0.1, -0.05) is 17.7 Å². The second-order valence-corrected chi connectivity index (χ2v) is 4.61. The lowest BCUT2D eigenvalue weighted by atomic mass is 9.96. The van der Waals surface area contributed by atoms with Crippen LogP contribution in [0.15, 0.2) is 41.2 Å². The number of aryl methyl sites for hydroxylation is 1. The molecular formula is C14H16ClNO. The lowest BCUT2D eigenvalue weighted by Crippen LogP contribution is -2.19. The van der Waals surface area contributed by atoms with Gasteiger partial charge in [-0.3, -0.25) is 0 Å². The van der Waals surface area contributed by atoms with Crippen LogP contribution in [0.25, 0.3) is 0 Å². The minimum absolute atomic E-state index is 0.282. The Bertz CT molecular complexity index is 479. The van der Waals surface area contributed by atoms with Gasteiger partial charge in [-0.05, 0) is 55.3 Å². The molecule has 1 heterocycles. The third-order valence-electron chi connectivity index (χ3n) is 2.98. The summed E-state index contributed by atoms with van der Waals surface area (Å²) in [7, 11) is 1.97. The third kappa shape index (κ3) is 2.90. The van der Waals surface area contributed by atoms with E-state index in [1.165, 1.54) is 16.7 Å². The van der Waals surface area contributed by atoms with Gasteiger partial charge in [0, 0.05) is 11.1 Å². The maximum atomic E-state index is 5.97. The molecule has 3 heteroatoms. The fourth-order valence-corrected chi connectivity index (χ4v) is 2.27. The van der Waals surface area contributed by atoms with Gasteiger partial charge in [0.1, 0.15) is 0 Å². The van der Waals surface area contributed by atoms with E-state index in [1.807, 2.05) is 25.2 Å². The number of hydrogen-bond donors (Lipinski definition) is 1. The van der Waals surface area contributed by atoms with Crippen molar-refractivity contribution in [3.8, 4) is 0 Å². The van der Waals surface area contributed by atoms with Crippen molar-refractivity contribution in [1.82, 2.24) is 5.32 Å². The normalized spacial score (nSPS) is 12.6. The van der Waals surface area contributed by atoms with Gasteiger partial charge in [0.25, 0.3) is 0 Å². The summed E-state index contributed by atoms with van der Waals surface area (Å²) in [6.07, 6.45) is 4.40. The number of nitrogens with one attached hydrogen (secondary N) is 1. The SMILES string of the molecule is CNC(Cc1ccoc1)c1ccc(Cl)cc1C. The summed E-state index contributed by atoms with van der Waals surface area (Å²) in [5.41, 5.74) is 3.68. The lowest BCUT2D eigenvalue weighted by molar-refractivity contribution is 0.551. The van der Waals surface area contributed by atoms with Gasteiger partial charge in [-0.15, -0.1) is 0 Å². The van der Waals surface area contributed by atoms with Gasteiger partial charge in [0.05, 0.1) is 12.5 Å². The molecule has 0 aliphatic rings. The molecule has 0 bridgehead atoms. The van der Waals surface area contributed by atoms with E-state index in [0.29, 0.717) is 0 Å². The van der Waals surface area contributed by atoms with Gasteiger partial charge in [0.2, 0.25) is 0 Å². The first-order valence-electron chi connectivity index (χ1n) is 5.65. The molecule has 0 saturated heterocycles. The first-order valence-corrected chi connectivity index (χ1v) is 6.03. The largest absolute Gasteiger partial charge is 0.472 e. The Morgan fingerprint density at radius 3 is 2.76 bits per heavy atom. The third-order valence-corrected chi connectivity index (χ3v) is 3.21. The molecule has 17 heavy (non-hydrogen) atoms. The van der Waals surface area contributed by atoms with Gasteiger partial charge in [-0.2, -0.15) is 0 Å². The van der Waals surface area contributed by atoms with Crippen molar-refractivity contribution >= 4 is 11.6 Å². The van der Waals surface area contributed by atoms with Crippen molar-refractivity contribution in [2.24, 2.45) is 0 Å². The minimum atomic E-state index is 0.282. The smallest absolute Gasteiger partial charge is 0.0935 e. The zero-order chi connectivity index (χ0) is 12.3. The first-order chi connectivity index (χ1) is 8.20. The summed E-state index contributed by atoms with van der Waals surface area (Å²) in [5, 5.41) is 4.11. The highest BCUT2D eigenvalue weighted by Crippen LogP contribution is 2.24. The van der Waals surface area contributed by atoms with E-state index in [9.17, 15) is 0 Å². The number of likely N-dealkylation sites (N-methyl/N-ethyl adjacent to an activating group) is 1. The van der Waals surface area contributed by atoms with Crippen LogP contribution in [-0.2, 0) is 6.42 Å². The highest BCUT2D eigenvalue weighted by molar-refractivity contribution is 6.30. The highest BCUT2D eigenvalue weighted by atomic mass is 35.5. The Morgan fingerprint density at radius 1 is 1.35 bits per heavy atom. The molecule has 0 amide bonds. The van der Waals surface area contributed by atoms with E-state index in [0.717, 1.165) is 11.4 Å². The summed E-state index contributed by atoms with van der Waals surface area (Å²) in [6.45, 7) is 2.08. The van der Waals surface area contributed by atoms with Crippen LogP contribution in [0.5, 0.6) is 0 Å². The average molecular weight is 250 g/mol. The fourth-order valence-electron chi connectivity index (χ4n) is 2.04. The van der Waals surface area contributed by atoms with Crippen LogP contribution in [0.3, 0.4) is 0 Å². The number of benzene rings is 1. The van der Waals surface area contributed by atoms with E-state index in [-0.39, 0.29) is 6.04 Å². The maximum Gasteiger partial charge on any atom is 0.0935 e. The van der Waals surface area contributed by atoms with Crippen LogP contribution in [0, 0.1) is 6.92 Å². The van der Waals surface area contributed by atoms with Crippen LogP contribution < -0.4 is 5.32 Å². The average Bonchev–Trinajstić information content (AvgIpc) is 2.79. The van der Waals surface area contributed by atoms with Crippen molar-refractivity contribution in [2.45, 2.75) is 19.4 Å².